The number of carbonyl (C=O) groups is 1. The molecule has 1 unspecified atom stereocenters. The van der Waals surface area contributed by atoms with E-state index < -0.39 is 11.9 Å². The number of hydrogen-bond acceptors (Lipinski definition) is 2. The average Bonchev–Trinajstić information content (AvgIpc) is 2.92. The van der Waals surface area contributed by atoms with E-state index in [1.807, 2.05) is 24.3 Å². The summed E-state index contributed by atoms with van der Waals surface area (Å²) in [5, 5.41) is 12.5. The predicted molar refractivity (Wildman–Crippen MR) is 76.2 cm³/mol. The maximum absolute atomic E-state index is 10.9. The van der Waals surface area contributed by atoms with E-state index in [4.69, 9.17) is 5.11 Å². The topological polar surface area (TPSA) is 49.3 Å². The van der Waals surface area contributed by atoms with Crippen LogP contribution in [0.3, 0.4) is 0 Å². The molecule has 1 aliphatic carbocycles. The Labute approximate surface area is 115 Å². The van der Waals surface area contributed by atoms with Gasteiger partial charge in [0.1, 0.15) is 0 Å². The third kappa shape index (κ3) is 4.06. The van der Waals surface area contributed by atoms with Crippen LogP contribution in [0.2, 0.25) is 0 Å². The number of benzene rings is 1. The molecule has 1 aromatic carbocycles. The van der Waals surface area contributed by atoms with Crippen molar-refractivity contribution in [2.24, 2.45) is 5.92 Å². The van der Waals surface area contributed by atoms with Crippen molar-refractivity contribution in [2.45, 2.75) is 45.1 Å². The van der Waals surface area contributed by atoms with Crippen molar-refractivity contribution in [3.05, 3.63) is 35.4 Å². The molecule has 1 aromatic rings. The van der Waals surface area contributed by atoms with Gasteiger partial charge in [-0.1, -0.05) is 37.1 Å². The zero-order valence-electron chi connectivity index (χ0n) is 11.6. The van der Waals surface area contributed by atoms with Gasteiger partial charge in [-0.15, -0.1) is 0 Å². The van der Waals surface area contributed by atoms with E-state index in [1.54, 1.807) is 6.92 Å². The molecule has 0 saturated heterocycles. The van der Waals surface area contributed by atoms with Gasteiger partial charge in [0.15, 0.2) is 0 Å². The van der Waals surface area contributed by atoms with E-state index in [2.05, 4.69) is 5.32 Å². The second-order valence-corrected chi connectivity index (χ2v) is 5.58. The van der Waals surface area contributed by atoms with Crippen LogP contribution in [0.15, 0.2) is 24.3 Å². The second-order valence-electron chi connectivity index (χ2n) is 5.58. The fourth-order valence-corrected chi connectivity index (χ4v) is 2.70. The standard InChI is InChI=1S/C16H23NO2/c1-12(16(18)19)15-8-6-14(7-9-15)11-17-10-13-4-2-3-5-13/h6-9,12-13,17H,2-5,10-11H2,1H3,(H,18,19). The van der Waals surface area contributed by atoms with Crippen LogP contribution in [0.1, 0.15) is 49.7 Å². The molecule has 3 heteroatoms. The van der Waals surface area contributed by atoms with Gasteiger partial charge < -0.3 is 10.4 Å². The van der Waals surface area contributed by atoms with Crippen molar-refractivity contribution >= 4 is 5.97 Å². The molecule has 0 bridgehead atoms. The number of carboxylic acid groups (broad SMARTS) is 1. The maximum atomic E-state index is 10.9. The van der Waals surface area contributed by atoms with Gasteiger partial charge in [-0.05, 0) is 43.4 Å². The van der Waals surface area contributed by atoms with E-state index >= 15 is 0 Å². The first-order valence-corrected chi connectivity index (χ1v) is 7.19. The number of carboxylic acids is 1. The molecule has 0 aromatic heterocycles. The van der Waals surface area contributed by atoms with Crippen LogP contribution < -0.4 is 5.32 Å². The first-order chi connectivity index (χ1) is 9.16. The van der Waals surface area contributed by atoms with Gasteiger partial charge in [-0.25, -0.2) is 0 Å². The molecular formula is C16H23NO2. The summed E-state index contributed by atoms with van der Waals surface area (Å²) in [6.45, 7) is 3.70. The Morgan fingerprint density at radius 1 is 1.32 bits per heavy atom. The minimum Gasteiger partial charge on any atom is -0.481 e. The molecule has 1 saturated carbocycles. The number of aliphatic carboxylic acids is 1. The van der Waals surface area contributed by atoms with Crippen LogP contribution in [0.4, 0.5) is 0 Å². The molecule has 1 aliphatic rings. The van der Waals surface area contributed by atoms with Gasteiger partial charge in [0.25, 0.3) is 0 Å². The minimum atomic E-state index is -0.771. The highest BCUT2D eigenvalue weighted by Gasteiger charge is 2.14. The first-order valence-electron chi connectivity index (χ1n) is 7.19. The molecule has 1 fully saturated rings. The zero-order chi connectivity index (χ0) is 13.7. The van der Waals surface area contributed by atoms with Gasteiger partial charge in [0.05, 0.1) is 5.92 Å². The van der Waals surface area contributed by atoms with Gasteiger partial charge in [0, 0.05) is 6.54 Å². The molecule has 0 aliphatic heterocycles. The molecule has 2 N–H and O–H groups in total. The third-order valence-electron chi connectivity index (χ3n) is 4.09. The van der Waals surface area contributed by atoms with Crippen LogP contribution in [0.5, 0.6) is 0 Å². The van der Waals surface area contributed by atoms with Gasteiger partial charge in [-0.3, -0.25) is 4.79 Å². The Kier molecular flexibility index (Phi) is 4.97. The molecule has 0 spiro atoms. The number of rotatable bonds is 6. The van der Waals surface area contributed by atoms with E-state index in [0.29, 0.717) is 0 Å². The van der Waals surface area contributed by atoms with Gasteiger partial charge in [0.2, 0.25) is 0 Å². The lowest BCUT2D eigenvalue weighted by molar-refractivity contribution is -0.138. The van der Waals surface area contributed by atoms with E-state index in [-0.39, 0.29) is 0 Å². The smallest absolute Gasteiger partial charge is 0.310 e. The maximum Gasteiger partial charge on any atom is 0.310 e. The highest BCUT2D eigenvalue weighted by Crippen LogP contribution is 2.23. The van der Waals surface area contributed by atoms with Crippen molar-refractivity contribution in [1.29, 1.82) is 0 Å². The molecule has 104 valence electrons. The lowest BCUT2D eigenvalue weighted by atomic mass is 10.00. The highest BCUT2D eigenvalue weighted by molar-refractivity contribution is 5.75. The molecule has 0 heterocycles. The van der Waals surface area contributed by atoms with Crippen LogP contribution >= 0.6 is 0 Å². The summed E-state index contributed by atoms with van der Waals surface area (Å²) >= 11 is 0. The largest absolute Gasteiger partial charge is 0.481 e. The minimum absolute atomic E-state index is 0.430. The second kappa shape index (κ2) is 6.71. The lowest BCUT2D eigenvalue weighted by Crippen LogP contribution is -2.20. The van der Waals surface area contributed by atoms with E-state index in [0.717, 1.165) is 24.6 Å². The van der Waals surface area contributed by atoms with Crippen molar-refractivity contribution < 1.29 is 9.90 Å². The fraction of sp³-hybridized carbons (Fsp3) is 0.562. The predicted octanol–water partition coefficient (Wildman–Crippen LogP) is 3.15. The van der Waals surface area contributed by atoms with E-state index in [1.165, 1.54) is 31.2 Å². The molecule has 2 rings (SSSR count). The Morgan fingerprint density at radius 3 is 2.53 bits per heavy atom. The quantitative estimate of drug-likeness (QED) is 0.827. The highest BCUT2D eigenvalue weighted by atomic mass is 16.4. The normalized spacial score (nSPS) is 17.5. The summed E-state index contributed by atoms with van der Waals surface area (Å²) in [5.74, 6) is -0.348. The van der Waals surface area contributed by atoms with E-state index in [9.17, 15) is 4.79 Å². The Hall–Kier alpha value is -1.35. The monoisotopic (exact) mass is 261 g/mol. The van der Waals surface area contributed by atoms with Crippen LogP contribution in [0, 0.1) is 5.92 Å². The summed E-state index contributed by atoms with van der Waals surface area (Å²) < 4.78 is 0. The molecule has 1 atom stereocenters. The summed E-state index contributed by atoms with van der Waals surface area (Å²) in [5.41, 5.74) is 2.09. The van der Waals surface area contributed by atoms with Crippen LogP contribution in [-0.2, 0) is 11.3 Å². The Bertz CT molecular complexity index is 407. The summed E-state index contributed by atoms with van der Waals surface area (Å²) in [7, 11) is 0. The van der Waals surface area contributed by atoms with Crippen molar-refractivity contribution in [1.82, 2.24) is 5.32 Å². The Balaban J connectivity index is 1.79. The van der Waals surface area contributed by atoms with Crippen LogP contribution in [-0.4, -0.2) is 17.6 Å². The molecular weight excluding hydrogens is 238 g/mol. The van der Waals surface area contributed by atoms with Crippen molar-refractivity contribution in [2.75, 3.05) is 6.54 Å². The molecule has 0 amide bonds. The third-order valence-corrected chi connectivity index (χ3v) is 4.09. The lowest BCUT2D eigenvalue weighted by Gasteiger charge is -2.11. The molecule has 0 radical (unpaired) electrons. The van der Waals surface area contributed by atoms with Crippen molar-refractivity contribution in [3.63, 3.8) is 0 Å². The molecule has 19 heavy (non-hydrogen) atoms. The van der Waals surface area contributed by atoms with Crippen LogP contribution in [0.25, 0.3) is 0 Å². The number of nitrogens with one attached hydrogen (secondary N) is 1. The summed E-state index contributed by atoms with van der Waals surface area (Å²) in [4.78, 5) is 10.9. The summed E-state index contributed by atoms with van der Waals surface area (Å²) in [6.07, 6.45) is 5.49. The fourth-order valence-electron chi connectivity index (χ4n) is 2.70. The number of hydrogen-bond donors (Lipinski definition) is 2. The van der Waals surface area contributed by atoms with Gasteiger partial charge in [-0.2, -0.15) is 0 Å². The summed E-state index contributed by atoms with van der Waals surface area (Å²) in [6, 6.07) is 7.89. The zero-order valence-corrected chi connectivity index (χ0v) is 11.6. The molecule has 3 nitrogen and oxygen atoms in total. The van der Waals surface area contributed by atoms with Gasteiger partial charge >= 0.3 is 5.97 Å². The Morgan fingerprint density at radius 2 is 1.95 bits per heavy atom. The SMILES string of the molecule is CC(C(=O)O)c1ccc(CNCC2CCCC2)cc1. The average molecular weight is 261 g/mol. The first kappa shape index (κ1) is 14.1. The van der Waals surface area contributed by atoms with Crippen molar-refractivity contribution in [3.8, 4) is 0 Å².